The molecule has 3 N–H and O–H groups in total. The van der Waals surface area contributed by atoms with Crippen LogP contribution in [0.15, 0.2) is 30.3 Å². The van der Waals surface area contributed by atoms with Crippen molar-refractivity contribution in [3.63, 3.8) is 0 Å². The summed E-state index contributed by atoms with van der Waals surface area (Å²) in [6.45, 7) is 5.14. The second-order valence-corrected chi connectivity index (χ2v) is 5.79. The third kappa shape index (κ3) is 7.28. The van der Waals surface area contributed by atoms with Crippen LogP contribution in [0.5, 0.6) is 0 Å². The van der Waals surface area contributed by atoms with E-state index in [-0.39, 0.29) is 5.91 Å². The molecule has 2 unspecified atom stereocenters. The van der Waals surface area contributed by atoms with Crippen LogP contribution in [0.3, 0.4) is 0 Å². The number of amides is 1. The molecule has 1 amide bonds. The Hall–Kier alpha value is -1.35. The van der Waals surface area contributed by atoms with Crippen LogP contribution in [-0.4, -0.2) is 18.5 Å². The van der Waals surface area contributed by atoms with Gasteiger partial charge in [-0.15, -0.1) is 0 Å². The maximum Gasteiger partial charge on any atom is 0.236 e. The molecule has 118 valence electrons. The molecule has 0 spiro atoms. The molecule has 21 heavy (non-hydrogen) atoms. The number of hydrogen-bond acceptors (Lipinski definition) is 2. The van der Waals surface area contributed by atoms with Crippen molar-refractivity contribution >= 4 is 5.91 Å². The van der Waals surface area contributed by atoms with E-state index in [1.807, 2.05) is 18.2 Å². The molecule has 0 saturated heterocycles. The van der Waals surface area contributed by atoms with Crippen LogP contribution in [0.2, 0.25) is 0 Å². The molecule has 0 aliphatic heterocycles. The Morgan fingerprint density at radius 2 is 1.90 bits per heavy atom. The molecule has 3 heteroatoms. The van der Waals surface area contributed by atoms with Crippen LogP contribution in [0.4, 0.5) is 0 Å². The van der Waals surface area contributed by atoms with Gasteiger partial charge in [-0.1, -0.05) is 63.4 Å². The fourth-order valence-corrected chi connectivity index (χ4v) is 2.42. The summed E-state index contributed by atoms with van der Waals surface area (Å²) in [6, 6.07) is 9.76. The van der Waals surface area contributed by atoms with E-state index in [2.05, 4.69) is 31.3 Å². The van der Waals surface area contributed by atoms with Crippen LogP contribution in [-0.2, 0) is 11.2 Å². The fraction of sp³-hybridized carbons (Fsp3) is 0.611. The molecule has 2 atom stereocenters. The predicted molar refractivity (Wildman–Crippen MR) is 89.1 cm³/mol. The lowest BCUT2D eigenvalue weighted by Crippen LogP contribution is -2.42. The standard InChI is InChI=1S/C18H30N2O/c1-3-5-9-15(4-2)14-20-18(21)17(19)13-12-16-10-7-6-8-11-16/h6-8,10-11,15,17H,3-5,9,12-14,19H2,1-2H3,(H,20,21). The number of nitrogens with one attached hydrogen (secondary N) is 1. The van der Waals surface area contributed by atoms with E-state index in [0.29, 0.717) is 12.3 Å². The van der Waals surface area contributed by atoms with Gasteiger partial charge in [0.1, 0.15) is 0 Å². The highest BCUT2D eigenvalue weighted by Gasteiger charge is 2.14. The maximum absolute atomic E-state index is 12.0. The lowest BCUT2D eigenvalue weighted by molar-refractivity contribution is -0.122. The van der Waals surface area contributed by atoms with Gasteiger partial charge < -0.3 is 11.1 Å². The Morgan fingerprint density at radius 3 is 2.52 bits per heavy atom. The van der Waals surface area contributed by atoms with E-state index in [0.717, 1.165) is 19.4 Å². The molecule has 1 aromatic carbocycles. The lowest BCUT2D eigenvalue weighted by atomic mass is 9.99. The van der Waals surface area contributed by atoms with Crippen molar-refractivity contribution in [1.29, 1.82) is 0 Å². The number of hydrogen-bond donors (Lipinski definition) is 2. The topological polar surface area (TPSA) is 55.1 Å². The van der Waals surface area contributed by atoms with Crippen molar-refractivity contribution in [2.75, 3.05) is 6.54 Å². The average molecular weight is 290 g/mol. The maximum atomic E-state index is 12.0. The van der Waals surface area contributed by atoms with Crippen LogP contribution >= 0.6 is 0 Å². The molecule has 0 saturated carbocycles. The smallest absolute Gasteiger partial charge is 0.236 e. The van der Waals surface area contributed by atoms with Gasteiger partial charge in [-0.3, -0.25) is 4.79 Å². The largest absolute Gasteiger partial charge is 0.354 e. The minimum absolute atomic E-state index is 0.0131. The van der Waals surface area contributed by atoms with Gasteiger partial charge in [-0.2, -0.15) is 0 Å². The Labute approximate surface area is 129 Å². The molecule has 0 bridgehead atoms. The van der Waals surface area contributed by atoms with Gasteiger partial charge in [-0.25, -0.2) is 0 Å². The summed E-state index contributed by atoms with van der Waals surface area (Å²) in [5, 5.41) is 3.01. The van der Waals surface area contributed by atoms with Crippen molar-refractivity contribution in [1.82, 2.24) is 5.32 Å². The molecule has 0 fully saturated rings. The van der Waals surface area contributed by atoms with Gasteiger partial charge in [-0.05, 0) is 30.7 Å². The van der Waals surface area contributed by atoms with Gasteiger partial charge in [0.05, 0.1) is 6.04 Å². The third-order valence-electron chi connectivity index (χ3n) is 4.03. The first-order valence-electron chi connectivity index (χ1n) is 8.24. The van der Waals surface area contributed by atoms with E-state index >= 15 is 0 Å². The first kappa shape index (κ1) is 17.7. The average Bonchev–Trinajstić information content (AvgIpc) is 2.53. The first-order valence-corrected chi connectivity index (χ1v) is 8.24. The Kier molecular flexibility index (Phi) is 8.76. The quantitative estimate of drug-likeness (QED) is 0.695. The number of carbonyl (C=O) groups is 1. The van der Waals surface area contributed by atoms with Gasteiger partial charge in [0, 0.05) is 6.54 Å². The highest BCUT2D eigenvalue weighted by atomic mass is 16.2. The molecule has 0 aromatic heterocycles. The molecule has 3 nitrogen and oxygen atoms in total. The van der Waals surface area contributed by atoms with E-state index in [9.17, 15) is 4.79 Å². The molecular formula is C18H30N2O. The summed E-state index contributed by atoms with van der Waals surface area (Å²) in [5.74, 6) is 0.566. The number of unbranched alkanes of at least 4 members (excludes halogenated alkanes) is 1. The van der Waals surface area contributed by atoms with E-state index in [1.165, 1.54) is 24.8 Å². The van der Waals surface area contributed by atoms with Crippen molar-refractivity contribution in [3.05, 3.63) is 35.9 Å². The zero-order chi connectivity index (χ0) is 15.5. The Morgan fingerprint density at radius 1 is 1.19 bits per heavy atom. The highest BCUT2D eigenvalue weighted by Crippen LogP contribution is 2.11. The first-order chi connectivity index (χ1) is 10.2. The van der Waals surface area contributed by atoms with Gasteiger partial charge in [0.25, 0.3) is 0 Å². The van der Waals surface area contributed by atoms with Crippen LogP contribution < -0.4 is 11.1 Å². The normalized spacial score (nSPS) is 13.7. The van der Waals surface area contributed by atoms with E-state index in [4.69, 9.17) is 5.73 Å². The van der Waals surface area contributed by atoms with Crippen molar-refractivity contribution in [2.24, 2.45) is 11.7 Å². The number of aryl methyl sites for hydroxylation is 1. The summed E-state index contributed by atoms with van der Waals surface area (Å²) in [4.78, 5) is 12.0. The summed E-state index contributed by atoms with van der Waals surface area (Å²) in [7, 11) is 0. The summed E-state index contributed by atoms with van der Waals surface area (Å²) in [6.07, 6.45) is 6.28. The molecule has 0 heterocycles. The summed E-state index contributed by atoms with van der Waals surface area (Å²) in [5.41, 5.74) is 7.21. The molecule has 0 aliphatic carbocycles. The molecule has 1 aromatic rings. The minimum Gasteiger partial charge on any atom is -0.354 e. The molecule has 0 radical (unpaired) electrons. The highest BCUT2D eigenvalue weighted by molar-refractivity contribution is 5.81. The molecule has 0 aliphatic rings. The summed E-state index contributed by atoms with van der Waals surface area (Å²) < 4.78 is 0. The second kappa shape index (κ2) is 10.4. The number of benzene rings is 1. The van der Waals surface area contributed by atoms with Gasteiger partial charge in [0.15, 0.2) is 0 Å². The van der Waals surface area contributed by atoms with Crippen LogP contribution in [0.25, 0.3) is 0 Å². The molecule has 1 rings (SSSR count). The Balaban J connectivity index is 2.27. The van der Waals surface area contributed by atoms with Gasteiger partial charge in [0.2, 0.25) is 5.91 Å². The molecular weight excluding hydrogens is 260 g/mol. The monoisotopic (exact) mass is 290 g/mol. The number of rotatable bonds is 10. The van der Waals surface area contributed by atoms with Gasteiger partial charge >= 0.3 is 0 Å². The van der Waals surface area contributed by atoms with Crippen LogP contribution in [0, 0.1) is 5.92 Å². The Bertz CT molecular complexity index is 391. The lowest BCUT2D eigenvalue weighted by Gasteiger charge is -2.17. The van der Waals surface area contributed by atoms with Crippen molar-refractivity contribution < 1.29 is 4.79 Å². The van der Waals surface area contributed by atoms with E-state index in [1.54, 1.807) is 0 Å². The van der Waals surface area contributed by atoms with Crippen molar-refractivity contribution in [3.8, 4) is 0 Å². The predicted octanol–water partition coefficient (Wildman–Crippen LogP) is 3.28. The SMILES string of the molecule is CCCCC(CC)CNC(=O)C(N)CCc1ccccc1. The third-order valence-corrected chi connectivity index (χ3v) is 4.03. The summed E-state index contributed by atoms with van der Waals surface area (Å²) >= 11 is 0. The van der Waals surface area contributed by atoms with Crippen molar-refractivity contribution in [2.45, 2.75) is 58.4 Å². The van der Waals surface area contributed by atoms with Crippen LogP contribution in [0.1, 0.15) is 51.5 Å². The zero-order valence-corrected chi connectivity index (χ0v) is 13.5. The zero-order valence-electron chi connectivity index (χ0n) is 13.5. The van der Waals surface area contributed by atoms with E-state index < -0.39 is 6.04 Å². The number of carbonyl (C=O) groups excluding carboxylic acids is 1. The second-order valence-electron chi connectivity index (χ2n) is 5.79. The fourth-order valence-electron chi connectivity index (χ4n) is 2.42. The minimum atomic E-state index is -0.408. The number of nitrogens with two attached hydrogens (primary N) is 1.